The Morgan fingerprint density at radius 1 is 1.40 bits per heavy atom. The Labute approximate surface area is 90.3 Å². The van der Waals surface area contributed by atoms with Gasteiger partial charge < -0.3 is 9.84 Å². The fourth-order valence-electron chi connectivity index (χ4n) is 1.38. The topological polar surface area (TPSA) is 55.2 Å². The number of methoxy groups -OCH3 is 1. The van der Waals surface area contributed by atoms with Gasteiger partial charge in [0.1, 0.15) is 11.8 Å². The zero-order chi connectivity index (χ0) is 11.3. The summed E-state index contributed by atoms with van der Waals surface area (Å²) in [5.41, 5.74) is 0.528. The van der Waals surface area contributed by atoms with E-state index in [9.17, 15) is 5.11 Å². The number of ether oxygens (including phenoxy) is 1. The van der Waals surface area contributed by atoms with Gasteiger partial charge >= 0.3 is 0 Å². The third kappa shape index (κ3) is 3.16. The molecule has 0 radical (unpaired) electrons. The van der Waals surface area contributed by atoms with Crippen molar-refractivity contribution in [2.24, 2.45) is 5.92 Å². The van der Waals surface area contributed by atoms with E-state index in [0.717, 1.165) is 6.42 Å². The molecule has 0 aliphatic heterocycles. The van der Waals surface area contributed by atoms with Crippen molar-refractivity contribution in [1.29, 1.82) is 0 Å². The Bertz CT molecular complexity index is 304. The fraction of sp³-hybridized carbons (Fsp3) is 0.636. The van der Waals surface area contributed by atoms with Gasteiger partial charge in [0, 0.05) is 12.4 Å². The summed E-state index contributed by atoms with van der Waals surface area (Å²) in [7, 11) is 1.53. The van der Waals surface area contributed by atoms with Crippen LogP contribution in [0.2, 0.25) is 0 Å². The minimum absolute atomic E-state index is 0.410. The molecule has 0 saturated carbocycles. The van der Waals surface area contributed by atoms with Gasteiger partial charge in [-0.05, 0) is 12.3 Å². The number of nitrogens with zero attached hydrogens (tertiary/aromatic N) is 2. The fourth-order valence-corrected chi connectivity index (χ4v) is 1.38. The predicted molar refractivity (Wildman–Crippen MR) is 57.6 cm³/mol. The number of aliphatic hydroxyl groups is 1. The molecule has 0 aliphatic carbocycles. The van der Waals surface area contributed by atoms with Crippen molar-refractivity contribution in [1.82, 2.24) is 9.97 Å². The smallest absolute Gasteiger partial charge is 0.238 e. The quantitative estimate of drug-likeness (QED) is 0.807. The maximum atomic E-state index is 9.95. The summed E-state index contributed by atoms with van der Waals surface area (Å²) in [6, 6.07) is 0. The molecule has 15 heavy (non-hydrogen) atoms. The van der Waals surface area contributed by atoms with E-state index in [-0.39, 0.29) is 0 Å². The lowest BCUT2D eigenvalue weighted by atomic mass is 9.99. The van der Waals surface area contributed by atoms with Crippen molar-refractivity contribution in [3.8, 4) is 5.88 Å². The van der Waals surface area contributed by atoms with Crippen molar-refractivity contribution >= 4 is 0 Å². The van der Waals surface area contributed by atoms with Crippen LogP contribution in [0.15, 0.2) is 12.4 Å². The van der Waals surface area contributed by atoms with Crippen LogP contribution in [-0.2, 0) is 0 Å². The van der Waals surface area contributed by atoms with Crippen LogP contribution in [-0.4, -0.2) is 22.2 Å². The van der Waals surface area contributed by atoms with Gasteiger partial charge in [-0.25, -0.2) is 4.98 Å². The first-order chi connectivity index (χ1) is 7.19. The van der Waals surface area contributed by atoms with Crippen LogP contribution < -0.4 is 4.74 Å². The van der Waals surface area contributed by atoms with E-state index in [1.807, 2.05) is 0 Å². The second kappa shape index (κ2) is 5.66. The van der Waals surface area contributed by atoms with Crippen LogP contribution in [0.3, 0.4) is 0 Å². The van der Waals surface area contributed by atoms with Crippen LogP contribution in [0.4, 0.5) is 0 Å². The van der Waals surface area contributed by atoms with Gasteiger partial charge in [-0.1, -0.05) is 20.3 Å². The van der Waals surface area contributed by atoms with Crippen molar-refractivity contribution in [3.63, 3.8) is 0 Å². The molecule has 1 aromatic rings. The average Bonchev–Trinajstić information content (AvgIpc) is 2.28. The van der Waals surface area contributed by atoms with Gasteiger partial charge in [-0.3, -0.25) is 4.98 Å². The molecule has 84 valence electrons. The SMILES string of the molecule is CCC(C)CC(O)c1nccnc1OC. The summed E-state index contributed by atoms with van der Waals surface area (Å²) in [6.07, 6.45) is 4.25. The van der Waals surface area contributed by atoms with Crippen molar-refractivity contribution in [3.05, 3.63) is 18.1 Å². The molecule has 0 bridgehead atoms. The normalized spacial score (nSPS) is 14.7. The average molecular weight is 210 g/mol. The maximum Gasteiger partial charge on any atom is 0.238 e. The molecule has 4 nitrogen and oxygen atoms in total. The van der Waals surface area contributed by atoms with Crippen LogP contribution in [0.5, 0.6) is 5.88 Å². The molecule has 4 heteroatoms. The summed E-state index contributed by atoms with van der Waals surface area (Å²) >= 11 is 0. The van der Waals surface area contributed by atoms with Crippen LogP contribution >= 0.6 is 0 Å². The molecule has 0 spiro atoms. The highest BCUT2D eigenvalue weighted by Crippen LogP contribution is 2.26. The Morgan fingerprint density at radius 3 is 2.67 bits per heavy atom. The van der Waals surface area contributed by atoms with E-state index in [0.29, 0.717) is 23.9 Å². The summed E-state index contributed by atoms with van der Waals surface area (Å²) in [6.45, 7) is 4.21. The van der Waals surface area contributed by atoms with Crippen LogP contribution in [0, 0.1) is 5.92 Å². The second-order valence-corrected chi connectivity index (χ2v) is 3.72. The number of aliphatic hydroxyl groups excluding tert-OH is 1. The van der Waals surface area contributed by atoms with Crippen molar-refractivity contribution in [2.75, 3.05) is 7.11 Å². The van der Waals surface area contributed by atoms with E-state index >= 15 is 0 Å². The molecule has 2 unspecified atom stereocenters. The van der Waals surface area contributed by atoms with Crippen molar-refractivity contribution < 1.29 is 9.84 Å². The number of rotatable bonds is 5. The highest BCUT2D eigenvalue weighted by Gasteiger charge is 2.17. The molecule has 0 aliphatic rings. The summed E-state index contributed by atoms with van der Waals surface area (Å²) in [5.74, 6) is 0.875. The summed E-state index contributed by atoms with van der Waals surface area (Å²) < 4.78 is 5.05. The highest BCUT2D eigenvalue weighted by molar-refractivity contribution is 5.19. The standard InChI is InChI=1S/C11H18N2O2/c1-4-8(2)7-9(14)10-11(15-3)13-6-5-12-10/h5-6,8-9,14H,4,7H2,1-3H3. The minimum Gasteiger partial charge on any atom is -0.480 e. The van der Waals surface area contributed by atoms with Gasteiger partial charge in [-0.15, -0.1) is 0 Å². The molecule has 2 atom stereocenters. The van der Waals surface area contributed by atoms with Gasteiger partial charge in [0.05, 0.1) is 7.11 Å². The first kappa shape index (κ1) is 11.9. The van der Waals surface area contributed by atoms with Gasteiger partial charge in [0.25, 0.3) is 0 Å². The maximum absolute atomic E-state index is 9.95. The van der Waals surface area contributed by atoms with Gasteiger partial charge in [0.2, 0.25) is 5.88 Å². The monoisotopic (exact) mass is 210 g/mol. The molecule has 0 saturated heterocycles. The Balaban J connectivity index is 2.76. The van der Waals surface area contributed by atoms with Gasteiger partial charge in [0.15, 0.2) is 0 Å². The molecule has 1 heterocycles. The first-order valence-electron chi connectivity index (χ1n) is 5.22. The Hall–Kier alpha value is -1.16. The van der Waals surface area contributed by atoms with Gasteiger partial charge in [-0.2, -0.15) is 0 Å². The Kier molecular flexibility index (Phi) is 4.49. The first-order valence-corrected chi connectivity index (χ1v) is 5.22. The highest BCUT2D eigenvalue weighted by atomic mass is 16.5. The Morgan fingerprint density at radius 2 is 2.07 bits per heavy atom. The molecule has 1 rings (SSSR count). The largest absolute Gasteiger partial charge is 0.480 e. The minimum atomic E-state index is -0.594. The summed E-state index contributed by atoms with van der Waals surface area (Å²) in [4.78, 5) is 8.11. The predicted octanol–water partition coefficient (Wildman–Crippen LogP) is 1.95. The molecular formula is C11H18N2O2. The zero-order valence-electron chi connectivity index (χ0n) is 9.47. The number of aromatic nitrogens is 2. The third-order valence-electron chi connectivity index (χ3n) is 2.52. The molecule has 1 N–H and O–H groups in total. The number of hydrogen-bond acceptors (Lipinski definition) is 4. The second-order valence-electron chi connectivity index (χ2n) is 3.72. The van der Waals surface area contributed by atoms with E-state index in [1.165, 1.54) is 7.11 Å². The molecule has 1 aromatic heterocycles. The van der Waals surface area contributed by atoms with E-state index in [1.54, 1.807) is 12.4 Å². The van der Waals surface area contributed by atoms with E-state index in [4.69, 9.17) is 4.74 Å². The number of hydrogen-bond donors (Lipinski definition) is 1. The lowest BCUT2D eigenvalue weighted by Gasteiger charge is -2.15. The lowest BCUT2D eigenvalue weighted by Crippen LogP contribution is -2.08. The molecule has 0 amide bonds. The molecule has 0 aromatic carbocycles. The van der Waals surface area contributed by atoms with E-state index < -0.39 is 6.10 Å². The molecular weight excluding hydrogens is 192 g/mol. The summed E-state index contributed by atoms with van der Waals surface area (Å²) in [5, 5.41) is 9.95. The van der Waals surface area contributed by atoms with Crippen molar-refractivity contribution in [2.45, 2.75) is 32.8 Å². The van der Waals surface area contributed by atoms with Crippen LogP contribution in [0.25, 0.3) is 0 Å². The zero-order valence-corrected chi connectivity index (χ0v) is 9.47. The van der Waals surface area contributed by atoms with E-state index in [2.05, 4.69) is 23.8 Å². The lowest BCUT2D eigenvalue weighted by molar-refractivity contribution is 0.137. The third-order valence-corrected chi connectivity index (χ3v) is 2.52. The van der Waals surface area contributed by atoms with Crippen LogP contribution in [0.1, 0.15) is 38.5 Å². The molecule has 0 fully saturated rings.